The van der Waals surface area contributed by atoms with Gasteiger partial charge in [-0.25, -0.2) is 4.57 Å². The monoisotopic (exact) mass is 391 g/mol. The molecule has 4 aromatic rings. The van der Waals surface area contributed by atoms with Crippen LogP contribution in [0.4, 0.5) is 0 Å². The zero-order valence-corrected chi connectivity index (χ0v) is 18.3. The first kappa shape index (κ1) is 18.7. The van der Waals surface area contributed by atoms with E-state index in [1.165, 1.54) is 55.9 Å². The van der Waals surface area contributed by atoms with Crippen LogP contribution in [0.2, 0.25) is 0 Å². The van der Waals surface area contributed by atoms with Crippen molar-refractivity contribution in [2.24, 2.45) is 7.05 Å². The third-order valence-corrected chi connectivity index (χ3v) is 6.57. The molecule has 0 fully saturated rings. The maximum absolute atomic E-state index is 4.73. The van der Waals surface area contributed by atoms with Gasteiger partial charge >= 0.3 is 0 Å². The van der Waals surface area contributed by atoms with Crippen molar-refractivity contribution in [2.75, 3.05) is 0 Å². The second kappa shape index (κ2) is 6.63. The van der Waals surface area contributed by atoms with E-state index in [9.17, 15) is 0 Å². The van der Waals surface area contributed by atoms with E-state index in [2.05, 4.69) is 100 Å². The number of fused-ring (bicyclic) bond motifs is 3. The summed E-state index contributed by atoms with van der Waals surface area (Å²) in [6.45, 7) is 9.00. The largest absolute Gasteiger partial charge is 0.260 e. The Morgan fingerprint density at radius 2 is 1.50 bits per heavy atom. The molecule has 1 aliphatic rings. The third kappa shape index (κ3) is 2.71. The molecule has 0 amide bonds. The van der Waals surface area contributed by atoms with Gasteiger partial charge in [0.15, 0.2) is 6.20 Å². The number of aryl methyl sites for hydroxylation is 3. The lowest BCUT2D eigenvalue weighted by Crippen LogP contribution is -2.31. The number of rotatable bonds is 2. The summed E-state index contributed by atoms with van der Waals surface area (Å²) in [5.41, 5.74) is 12.7. The summed E-state index contributed by atoms with van der Waals surface area (Å²) in [5.74, 6) is 0. The minimum Gasteiger partial charge on any atom is -0.260 e. The van der Waals surface area contributed by atoms with Crippen molar-refractivity contribution in [3.8, 4) is 33.5 Å². The van der Waals surface area contributed by atoms with Crippen molar-refractivity contribution in [3.63, 3.8) is 0 Å². The van der Waals surface area contributed by atoms with Crippen molar-refractivity contribution < 1.29 is 4.57 Å². The summed E-state index contributed by atoms with van der Waals surface area (Å²) in [4.78, 5) is 4.73. The Balaban J connectivity index is 1.69. The highest BCUT2D eigenvalue weighted by Gasteiger charge is 2.37. The normalized spacial score (nSPS) is 13.8. The molecule has 0 saturated carbocycles. The molecule has 0 N–H and O–H groups in total. The molecule has 2 nitrogen and oxygen atoms in total. The fourth-order valence-corrected chi connectivity index (χ4v) is 4.91. The summed E-state index contributed by atoms with van der Waals surface area (Å²) >= 11 is 0. The topological polar surface area (TPSA) is 16.8 Å². The first-order chi connectivity index (χ1) is 14.4. The van der Waals surface area contributed by atoms with E-state index in [1.807, 2.05) is 12.3 Å². The smallest absolute Gasteiger partial charge is 0.212 e. The fraction of sp³-hybridized carbons (Fsp3) is 0.214. The average Bonchev–Trinajstić information content (AvgIpc) is 2.96. The van der Waals surface area contributed by atoms with Crippen LogP contribution in [0.3, 0.4) is 0 Å². The molecule has 2 aromatic heterocycles. The number of hydrogen-bond acceptors (Lipinski definition) is 1. The maximum atomic E-state index is 4.73. The lowest BCUT2D eigenvalue weighted by molar-refractivity contribution is -0.660. The van der Waals surface area contributed by atoms with Gasteiger partial charge in [0.2, 0.25) is 5.69 Å². The fourth-order valence-electron chi connectivity index (χ4n) is 4.91. The number of nitrogens with zero attached hydrogens (tertiary/aromatic N) is 2. The highest BCUT2D eigenvalue weighted by molar-refractivity contribution is 5.83. The number of aromatic nitrogens is 2. The Bertz CT molecular complexity index is 1280. The van der Waals surface area contributed by atoms with Gasteiger partial charge in [-0.15, -0.1) is 0 Å². The lowest BCUT2D eigenvalue weighted by atomic mass is 9.83. The molecular weight excluding hydrogens is 364 g/mol. The molecule has 0 atom stereocenters. The summed E-state index contributed by atoms with van der Waals surface area (Å²) in [7, 11) is 2.15. The molecule has 2 heterocycles. The van der Waals surface area contributed by atoms with Crippen LogP contribution in [0.25, 0.3) is 33.5 Å². The highest BCUT2D eigenvalue weighted by atomic mass is 14.9. The van der Waals surface area contributed by atoms with Crippen LogP contribution < -0.4 is 4.57 Å². The standard InChI is InChI=1S/C28H27N2/c1-18-14-23-21-12-9-13-29-27(21)28(3,4)25(23)16-22(18)26-15-19(2)24(17-30(26)5)20-10-7-6-8-11-20/h6-17H,1-5H3/q+1. The first-order valence-corrected chi connectivity index (χ1v) is 10.5. The van der Waals surface area contributed by atoms with Gasteiger partial charge in [0.05, 0.1) is 5.69 Å². The van der Waals surface area contributed by atoms with Crippen molar-refractivity contribution in [1.82, 2.24) is 4.98 Å². The summed E-state index contributed by atoms with van der Waals surface area (Å²) in [6, 6.07) is 21.9. The van der Waals surface area contributed by atoms with Gasteiger partial charge in [0.1, 0.15) is 7.05 Å². The molecule has 0 unspecified atom stereocenters. The van der Waals surface area contributed by atoms with Crippen LogP contribution in [0.15, 0.2) is 73.1 Å². The van der Waals surface area contributed by atoms with Gasteiger partial charge in [-0.1, -0.05) is 56.3 Å². The average molecular weight is 392 g/mol. The van der Waals surface area contributed by atoms with E-state index >= 15 is 0 Å². The van der Waals surface area contributed by atoms with Crippen LogP contribution >= 0.6 is 0 Å². The molecule has 0 radical (unpaired) electrons. The van der Waals surface area contributed by atoms with E-state index in [1.54, 1.807) is 0 Å². The predicted octanol–water partition coefficient (Wildman–Crippen LogP) is 6.16. The lowest BCUT2D eigenvalue weighted by Gasteiger charge is -2.21. The molecule has 1 aliphatic carbocycles. The molecule has 0 saturated heterocycles. The number of benzene rings is 2. The molecular formula is C28H27N2+. The van der Waals surface area contributed by atoms with Gasteiger partial charge in [0, 0.05) is 34.4 Å². The van der Waals surface area contributed by atoms with E-state index in [0.717, 1.165) is 0 Å². The summed E-state index contributed by atoms with van der Waals surface area (Å²) in [5, 5.41) is 0. The molecule has 5 rings (SSSR count). The van der Waals surface area contributed by atoms with Gasteiger partial charge < -0.3 is 0 Å². The van der Waals surface area contributed by atoms with Crippen LogP contribution in [0.5, 0.6) is 0 Å². The van der Waals surface area contributed by atoms with Gasteiger partial charge in [0.25, 0.3) is 0 Å². The Morgan fingerprint density at radius 1 is 0.767 bits per heavy atom. The zero-order chi connectivity index (χ0) is 21.0. The Kier molecular flexibility index (Phi) is 4.14. The molecule has 0 spiro atoms. The zero-order valence-electron chi connectivity index (χ0n) is 18.3. The Hall–Kier alpha value is -3.26. The quantitative estimate of drug-likeness (QED) is 0.374. The molecule has 0 aliphatic heterocycles. The number of hydrogen-bond donors (Lipinski definition) is 0. The van der Waals surface area contributed by atoms with Crippen LogP contribution in [-0.4, -0.2) is 4.98 Å². The van der Waals surface area contributed by atoms with Crippen molar-refractivity contribution in [1.29, 1.82) is 0 Å². The highest BCUT2D eigenvalue weighted by Crippen LogP contribution is 2.49. The SMILES string of the molecule is Cc1cc(-c2cc3c(cc2C)-c2cccnc2C3(C)C)[n+](C)cc1-c1ccccc1. The van der Waals surface area contributed by atoms with Crippen LogP contribution in [0, 0.1) is 13.8 Å². The second-order valence-electron chi connectivity index (χ2n) is 8.97. The van der Waals surface area contributed by atoms with Gasteiger partial charge in [-0.05, 0) is 53.8 Å². The summed E-state index contributed by atoms with van der Waals surface area (Å²) in [6.07, 6.45) is 4.17. The summed E-state index contributed by atoms with van der Waals surface area (Å²) < 4.78 is 2.26. The molecule has 2 heteroatoms. The minimum absolute atomic E-state index is 0.0913. The van der Waals surface area contributed by atoms with Gasteiger partial charge in [-0.2, -0.15) is 0 Å². The molecule has 30 heavy (non-hydrogen) atoms. The second-order valence-corrected chi connectivity index (χ2v) is 8.97. The van der Waals surface area contributed by atoms with Crippen LogP contribution in [0.1, 0.15) is 36.2 Å². The molecule has 2 aromatic carbocycles. The van der Waals surface area contributed by atoms with E-state index in [0.29, 0.717) is 0 Å². The van der Waals surface area contributed by atoms with Gasteiger partial charge in [-0.3, -0.25) is 4.98 Å². The molecule has 0 bridgehead atoms. The van der Waals surface area contributed by atoms with Crippen molar-refractivity contribution >= 4 is 0 Å². The predicted molar refractivity (Wildman–Crippen MR) is 123 cm³/mol. The van der Waals surface area contributed by atoms with E-state index < -0.39 is 0 Å². The van der Waals surface area contributed by atoms with E-state index in [4.69, 9.17) is 4.98 Å². The van der Waals surface area contributed by atoms with Crippen LogP contribution in [-0.2, 0) is 12.5 Å². The minimum atomic E-state index is -0.0913. The maximum Gasteiger partial charge on any atom is 0.212 e. The molecule has 148 valence electrons. The Morgan fingerprint density at radius 3 is 2.27 bits per heavy atom. The third-order valence-electron chi connectivity index (χ3n) is 6.57. The Labute approximate surface area is 178 Å². The van der Waals surface area contributed by atoms with Crippen molar-refractivity contribution in [2.45, 2.75) is 33.1 Å². The van der Waals surface area contributed by atoms with Crippen molar-refractivity contribution in [3.05, 3.63) is 95.4 Å². The number of pyridine rings is 2. The first-order valence-electron chi connectivity index (χ1n) is 10.5. The van der Waals surface area contributed by atoms with E-state index in [-0.39, 0.29) is 5.41 Å².